The maximum Gasteiger partial charge on any atom is 0.330 e. The molecule has 0 bridgehead atoms. The quantitative estimate of drug-likeness (QED) is 0.889. The van der Waals surface area contributed by atoms with Crippen LogP contribution in [0.5, 0.6) is 0 Å². The first-order chi connectivity index (χ1) is 9.99. The number of hydrogen-bond donors (Lipinski definition) is 2. The van der Waals surface area contributed by atoms with Gasteiger partial charge in [0.2, 0.25) is 0 Å². The van der Waals surface area contributed by atoms with Crippen molar-refractivity contribution in [1.82, 2.24) is 5.32 Å². The van der Waals surface area contributed by atoms with Crippen molar-refractivity contribution in [2.24, 2.45) is 0 Å². The number of amides is 1. The largest absolute Gasteiger partial charge is 0.479 e. The van der Waals surface area contributed by atoms with E-state index < -0.39 is 23.7 Å². The van der Waals surface area contributed by atoms with E-state index in [9.17, 15) is 19.1 Å². The number of halogens is 2. The number of carboxylic acid groups (broad SMARTS) is 1. The highest BCUT2D eigenvalue weighted by Crippen LogP contribution is 2.18. The van der Waals surface area contributed by atoms with Gasteiger partial charge >= 0.3 is 5.97 Å². The van der Waals surface area contributed by atoms with E-state index in [0.717, 1.165) is 6.07 Å². The lowest BCUT2D eigenvalue weighted by Crippen LogP contribution is -2.33. The summed E-state index contributed by atoms with van der Waals surface area (Å²) < 4.78 is 13.3. The molecule has 2 aromatic carbocycles. The van der Waals surface area contributed by atoms with E-state index in [4.69, 9.17) is 0 Å². The Morgan fingerprint density at radius 3 is 2.38 bits per heavy atom. The Bertz CT molecular complexity index is 676. The maximum atomic E-state index is 13.1. The fourth-order valence-corrected chi connectivity index (χ4v) is 2.16. The zero-order valence-electron chi connectivity index (χ0n) is 10.7. The summed E-state index contributed by atoms with van der Waals surface area (Å²) in [5.41, 5.74) is 0.630. The van der Waals surface area contributed by atoms with E-state index in [1.54, 1.807) is 30.3 Å². The third-order valence-corrected chi connectivity index (χ3v) is 3.44. The Hall–Kier alpha value is -2.21. The lowest BCUT2D eigenvalue weighted by atomic mass is 10.1. The van der Waals surface area contributed by atoms with Crippen LogP contribution in [-0.2, 0) is 4.79 Å². The smallest absolute Gasteiger partial charge is 0.330 e. The van der Waals surface area contributed by atoms with Crippen molar-refractivity contribution < 1.29 is 19.1 Å². The van der Waals surface area contributed by atoms with Gasteiger partial charge in [-0.15, -0.1) is 0 Å². The average molecular weight is 352 g/mol. The van der Waals surface area contributed by atoms with Gasteiger partial charge in [-0.25, -0.2) is 9.18 Å². The molecular weight excluding hydrogens is 341 g/mol. The molecule has 2 rings (SSSR count). The summed E-state index contributed by atoms with van der Waals surface area (Å²) >= 11 is 2.98. The zero-order valence-corrected chi connectivity index (χ0v) is 12.3. The van der Waals surface area contributed by atoms with Gasteiger partial charge < -0.3 is 10.4 Å². The number of carbonyl (C=O) groups excluding carboxylic acids is 1. The maximum absolute atomic E-state index is 13.1. The highest BCUT2D eigenvalue weighted by Gasteiger charge is 2.22. The first-order valence-electron chi connectivity index (χ1n) is 6.02. The Balaban J connectivity index is 2.23. The van der Waals surface area contributed by atoms with Gasteiger partial charge in [0.1, 0.15) is 5.82 Å². The number of benzene rings is 2. The van der Waals surface area contributed by atoms with Crippen molar-refractivity contribution in [2.75, 3.05) is 0 Å². The van der Waals surface area contributed by atoms with Crippen LogP contribution in [0.2, 0.25) is 0 Å². The molecule has 0 aliphatic heterocycles. The summed E-state index contributed by atoms with van der Waals surface area (Å²) in [4.78, 5) is 23.4. The monoisotopic (exact) mass is 351 g/mol. The molecule has 0 aliphatic carbocycles. The molecule has 0 aromatic heterocycles. The summed E-state index contributed by atoms with van der Waals surface area (Å²) in [5, 5.41) is 11.7. The van der Waals surface area contributed by atoms with Crippen LogP contribution < -0.4 is 5.32 Å². The van der Waals surface area contributed by atoms with Crippen molar-refractivity contribution >= 4 is 27.8 Å². The average Bonchev–Trinajstić information content (AvgIpc) is 2.48. The van der Waals surface area contributed by atoms with Crippen molar-refractivity contribution in [3.05, 3.63) is 69.9 Å². The highest BCUT2D eigenvalue weighted by molar-refractivity contribution is 9.10. The molecule has 0 fully saturated rings. The number of rotatable bonds is 4. The first kappa shape index (κ1) is 15.2. The molecular formula is C15H11BrFNO3. The minimum absolute atomic E-state index is 0.140. The number of hydrogen-bond acceptors (Lipinski definition) is 2. The van der Waals surface area contributed by atoms with E-state index in [2.05, 4.69) is 21.2 Å². The van der Waals surface area contributed by atoms with Gasteiger partial charge in [-0.05, 0) is 39.7 Å². The molecule has 1 amide bonds. The molecule has 0 saturated carbocycles. The minimum atomic E-state index is -1.17. The minimum Gasteiger partial charge on any atom is -0.479 e. The van der Waals surface area contributed by atoms with Gasteiger partial charge in [0.25, 0.3) is 5.91 Å². The molecule has 0 heterocycles. The Labute approximate surface area is 128 Å². The molecule has 2 aromatic rings. The summed E-state index contributed by atoms with van der Waals surface area (Å²) in [5.74, 6) is -2.26. The normalized spacial score (nSPS) is 11.7. The molecule has 2 N–H and O–H groups in total. The Morgan fingerprint density at radius 2 is 1.81 bits per heavy atom. The lowest BCUT2D eigenvalue weighted by molar-refractivity contribution is -0.139. The van der Waals surface area contributed by atoms with E-state index in [1.807, 2.05) is 0 Å². The molecule has 108 valence electrons. The second kappa shape index (κ2) is 6.49. The molecule has 0 unspecified atom stereocenters. The topological polar surface area (TPSA) is 66.4 Å². The summed E-state index contributed by atoms with van der Waals surface area (Å²) in [7, 11) is 0. The number of carbonyl (C=O) groups is 2. The van der Waals surface area contributed by atoms with Crippen LogP contribution >= 0.6 is 15.9 Å². The van der Waals surface area contributed by atoms with Crippen molar-refractivity contribution in [2.45, 2.75) is 6.04 Å². The predicted molar refractivity (Wildman–Crippen MR) is 78.4 cm³/mol. The van der Waals surface area contributed by atoms with Gasteiger partial charge in [0.05, 0.1) is 4.47 Å². The molecule has 4 nitrogen and oxygen atoms in total. The summed E-state index contributed by atoms with van der Waals surface area (Å²) in [6.45, 7) is 0. The first-order valence-corrected chi connectivity index (χ1v) is 6.82. The van der Waals surface area contributed by atoms with Crippen molar-refractivity contribution in [1.29, 1.82) is 0 Å². The molecule has 0 aliphatic rings. The highest BCUT2D eigenvalue weighted by atomic mass is 79.9. The van der Waals surface area contributed by atoms with E-state index in [-0.39, 0.29) is 10.0 Å². The van der Waals surface area contributed by atoms with Gasteiger partial charge in [-0.2, -0.15) is 0 Å². The Kier molecular flexibility index (Phi) is 4.70. The lowest BCUT2D eigenvalue weighted by Gasteiger charge is -2.15. The molecule has 0 spiro atoms. The van der Waals surface area contributed by atoms with Crippen LogP contribution in [0.4, 0.5) is 4.39 Å². The third kappa shape index (κ3) is 3.66. The molecule has 0 radical (unpaired) electrons. The molecule has 0 saturated heterocycles. The van der Waals surface area contributed by atoms with Crippen LogP contribution in [0.3, 0.4) is 0 Å². The van der Waals surface area contributed by atoms with E-state index >= 15 is 0 Å². The second-order valence-corrected chi connectivity index (χ2v) is 5.14. The van der Waals surface area contributed by atoms with Gasteiger partial charge in [-0.1, -0.05) is 30.3 Å². The van der Waals surface area contributed by atoms with Crippen LogP contribution in [-0.4, -0.2) is 17.0 Å². The number of carboxylic acids is 1. The fourth-order valence-electron chi connectivity index (χ4n) is 1.78. The third-order valence-electron chi connectivity index (χ3n) is 2.84. The van der Waals surface area contributed by atoms with Crippen molar-refractivity contribution in [3.63, 3.8) is 0 Å². The van der Waals surface area contributed by atoms with Crippen LogP contribution in [0, 0.1) is 5.82 Å². The predicted octanol–water partition coefficient (Wildman–Crippen LogP) is 3.14. The Morgan fingerprint density at radius 1 is 1.14 bits per heavy atom. The van der Waals surface area contributed by atoms with Crippen molar-refractivity contribution in [3.8, 4) is 0 Å². The standard InChI is InChI=1S/C15H11BrFNO3/c16-11-8-10(6-7-12(11)17)14(19)18-13(15(20)21)9-4-2-1-3-5-9/h1-8,13H,(H,18,19)(H,20,21)/t13-/m0/s1. The SMILES string of the molecule is O=C(N[C@H](C(=O)O)c1ccccc1)c1ccc(F)c(Br)c1. The van der Waals surface area contributed by atoms with Crippen LogP contribution in [0.1, 0.15) is 22.0 Å². The van der Waals surface area contributed by atoms with Gasteiger partial charge in [-0.3, -0.25) is 4.79 Å². The van der Waals surface area contributed by atoms with E-state index in [0.29, 0.717) is 5.56 Å². The summed E-state index contributed by atoms with van der Waals surface area (Å²) in [6, 6.07) is 10.9. The summed E-state index contributed by atoms with van der Waals surface area (Å²) in [6.07, 6.45) is 0. The number of aliphatic carboxylic acids is 1. The second-order valence-electron chi connectivity index (χ2n) is 4.28. The van der Waals surface area contributed by atoms with Crippen LogP contribution in [0.25, 0.3) is 0 Å². The molecule has 21 heavy (non-hydrogen) atoms. The zero-order chi connectivity index (χ0) is 15.4. The van der Waals surface area contributed by atoms with Crippen LogP contribution in [0.15, 0.2) is 53.0 Å². The van der Waals surface area contributed by atoms with Gasteiger partial charge in [0, 0.05) is 5.56 Å². The van der Waals surface area contributed by atoms with E-state index in [1.165, 1.54) is 12.1 Å². The number of nitrogens with one attached hydrogen (secondary N) is 1. The molecule has 1 atom stereocenters. The molecule has 6 heteroatoms. The fraction of sp³-hybridized carbons (Fsp3) is 0.0667. The van der Waals surface area contributed by atoms with Gasteiger partial charge in [0.15, 0.2) is 6.04 Å².